The number of nitriles is 1. The Bertz CT molecular complexity index is 1010. The fourth-order valence-electron chi connectivity index (χ4n) is 2.43. The van der Waals surface area contributed by atoms with Gasteiger partial charge in [0.1, 0.15) is 11.1 Å². The van der Waals surface area contributed by atoms with Gasteiger partial charge in [-0.3, -0.25) is 0 Å². The molecule has 130 valence electrons. The third-order valence-electron chi connectivity index (χ3n) is 3.69. The fourth-order valence-corrected chi connectivity index (χ4v) is 3.64. The molecule has 0 radical (unpaired) electrons. The van der Waals surface area contributed by atoms with E-state index in [4.69, 9.17) is 9.47 Å². The molecule has 2 aromatic carbocycles. The summed E-state index contributed by atoms with van der Waals surface area (Å²) in [5.74, 6) is 1.31. The molecular weight excluding hydrogens is 412 g/mol. The molecule has 0 N–H and O–H groups in total. The molecule has 0 atom stereocenters. The number of ether oxygens (including phenoxy) is 2. The number of halogens is 1. The summed E-state index contributed by atoms with van der Waals surface area (Å²) in [7, 11) is 3.20. The Morgan fingerprint density at radius 3 is 2.65 bits per heavy atom. The van der Waals surface area contributed by atoms with Gasteiger partial charge in [0, 0.05) is 15.4 Å². The molecule has 0 aliphatic heterocycles. The van der Waals surface area contributed by atoms with E-state index in [1.54, 1.807) is 14.2 Å². The highest BCUT2D eigenvalue weighted by Crippen LogP contribution is 2.34. The second-order valence-electron chi connectivity index (χ2n) is 5.33. The van der Waals surface area contributed by atoms with E-state index in [0.29, 0.717) is 22.1 Å². The van der Waals surface area contributed by atoms with Crippen molar-refractivity contribution < 1.29 is 9.47 Å². The summed E-state index contributed by atoms with van der Waals surface area (Å²) >= 11 is 4.88. The van der Waals surface area contributed by atoms with Gasteiger partial charge in [-0.2, -0.15) is 5.26 Å². The van der Waals surface area contributed by atoms with Crippen molar-refractivity contribution >= 4 is 38.9 Å². The normalized spacial score (nSPS) is 11.1. The highest BCUT2D eigenvalue weighted by atomic mass is 79.9. The molecule has 1 heterocycles. The molecule has 0 saturated carbocycles. The summed E-state index contributed by atoms with van der Waals surface area (Å²) < 4.78 is 11.6. The first kappa shape index (κ1) is 18.2. The Morgan fingerprint density at radius 1 is 1.15 bits per heavy atom. The summed E-state index contributed by atoms with van der Waals surface area (Å²) in [4.78, 5) is 4.62. The van der Waals surface area contributed by atoms with E-state index < -0.39 is 0 Å². The predicted molar refractivity (Wildman–Crippen MR) is 108 cm³/mol. The number of aromatic nitrogens is 1. The number of benzene rings is 2. The quantitative estimate of drug-likeness (QED) is 0.494. The maximum atomic E-state index is 9.54. The second-order valence-corrected chi connectivity index (χ2v) is 7.11. The molecule has 0 aliphatic carbocycles. The van der Waals surface area contributed by atoms with Gasteiger partial charge >= 0.3 is 0 Å². The van der Waals surface area contributed by atoms with Crippen molar-refractivity contribution in [3.8, 4) is 28.8 Å². The summed E-state index contributed by atoms with van der Waals surface area (Å²) in [5, 5.41) is 12.2. The van der Waals surface area contributed by atoms with E-state index in [2.05, 4.69) is 27.0 Å². The number of allylic oxidation sites excluding steroid dienone is 1. The number of methoxy groups -OCH3 is 2. The van der Waals surface area contributed by atoms with E-state index in [0.717, 1.165) is 21.3 Å². The Hall–Kier alpha value is -2.62. The summed E-state index contributed by atoms with van der Waals surface area (Å²) in [5.41, 5.74) is 3.17. The third kappa shape index (κ3) is 3.96. The van der Waals surface area contributed by atoms with Crippen molar-refractivity contribution in [1.29, 1.82) is 5.26 Å². The highest BCUT2D eigenvalue weighted by Gasteiger charge is 2.12. The standard InChI is InChI=1S/C20H15BrN2O2S/c1-24-18-7-6-14(10-19(18)25-2)17-12-26-20(23-17)15(11-22)8-13-4-3-5-16(21)9-13/h3-10,12H,1-2H3. The molecule has 0 saturated heterocycles. The highest BCUT2D eigenvalue weighted by molar-refractivity contribution is 9.10. The van der Waals surface area contributed by atoms with Crippen LogP contribution in [0.4, 0.5) is 0 Å². The summed E-state index contributed by atoms with van der Waals surface area (Å²) in [6.07, 6.45) is 1.84. The fraction of sp³-hybridized carbons (Fsp3) is 0.100. The average molecular weight is 427 g/mol. The lowest BCUT2D eigenvalue weighted by Crippen LogP contribution is -1.91. The monoisotopic (exact) mass is 426 g/mol. The number of rotatable bonds is 5. The van der Waals surface area contributed by atoms with Crippen molar-refractivity contribution in [2.24, 2.45) is 0 Å². The van der Waals surface area contributed by atoms with Crippen molar-refractivity contribution in [3.63, 3.8) is 0 Å². The largest absolute Gasteiger partial charge is 0.493 e. The van der Waals surface area contributed by atoms with Gasteiger partial charge in [0.2, 0.25) is 0 Å². The molecule has 3 aromatic rings. The predicted octanol–water partition coefficient (Wildman–Crippen LogP) is 5.65. The van der Waals surface area contributed by atoms with Crippen LogP contribution in [0.3, 0.4) is 0 Å². The molecule has 0 unspecified atom stereocenters. The Balaban J connectivity index is 1.95. The molecule has 0 fully saturated rings. The number of hydrogen-bond acceptors (Lipinski definition) is 5. The van der Waals surface area contributed by atoms with Crippen LogP contribution in [0.15, 0.2) is 52.3 Å². The SMILES string of the molecule is COc1ccc(-c2csc(C(C#N)=Cc3cccc(Br)c3)n2)cc1OC. The molecule has 0 amide bonds. The van der Waals surface area contributed by atoms with Gasteiger partial charge in [0.15, 0.2) is 11.5 Å². The van der Waals surface area contributed by atoms with Crippen molar-refractivity contribution in [3.05, 3.63) is 62.9 Å². The van der Waals surface area contributed by atoms with Gasteiger partial charge in [-0.25, -0.2) is 4.98 Å². The lowest BCUT2D eigenvalue weighted by atomic mass is 10.1. The Labute approximate surface area is 164 Å². The topological polar surface area (TPSA) is 55.1 Å². The maximum absolute atomic E-state index is 9.54. The minimum atomic E-state index is 0.528. The zero-order valence-electron chi connectivity index (χ0n) is 14.2. The second kappa shape index (κ2) is 8.17. The molecule has 26 heavy (non-hydrogen) atoms. The lowest BCUT2D eigenvalue weighted by Gasteiger charge is -2.08. The molecule has 4 nitrogen and oxygen atoms in total. The molecule has 0 aliphatic rings. The number of hydrogen-bond donors (Lipinski definition) is 0. The van der Waals surface area contributed by atoms with Crippen LogP contribution in [0.2, 0.25) is 0 Å². The zero-order chi connectivity index (χ0) is 18.5. The summed E-state index contributed by atoms with van der Waals surface area (Å²) in [6.45, 7) is 0. The van der Waals surface area contributed by atoms with E-state index in [1.807, 2.05) is 53.9 Å². The van der Waals surface area contributed by atoms with Crippen LogP contribution >= 0.6 is 27.3 Å². The molecule has 0 bridgehead atoms. The van der Waals surface area contributed by atoms with E-state index in [-0.39, 0.29) is 0 Å². The van der Waals surface area contributed by atoms with Crippen LogP contribution in [0.1, 0.15) is 10.6 Å². The van der Waals surface area contributed by atoms with Crippen LogP contribution < -0.4 is 9.47 Å². The lowest BCUT2D eigenvalue weighted by molar-refractivity contribution is 0.355. The van der Waals surface area contributed by atoms with Crippen LogP contribution in [0.25, 0.3) is 22.9 Å². The molecule has 3 rings (SSSR count). The van der Waals surface area contributed by atoms with Gasteiger partial charge in [0.05, 0.1) is 25.5 Å². The van der Waals surface area contributed by atoms with Crippen LogP contribution in [-0.4, -0.2) is 19.2 Å². The van der Waals surface area contributed by atoms with Gasteiger partial charge < -0.3 is 9.47 Å². The Kier molecular flexibility index (Phi) is 5.71. The van der Waals surface area contributed by atoms with Gasteiger partial charge in [-0.1, -0.05) is 28.1 Å². The minimum Gasteiger partial charge on any atom is -0.493 e. The van der Waals surface area contributed by atoms with Crippen LogP contribution in [-0.2, 0) is 0 Å². The number of thiazole rings is 1. The van der Waals surface area contributed by atoms with Crippen molar-refractivity contribution in [1.82, 2.24) is 4.98 Å². The van der Waals surface area contributed by atoms with E-state index in [1.165, 1.54) is 11.3 Å². The van der Waals surface area contributed by atoms with Gasteiger partial charge in [-0.15, -0.1) is 11.3 Å². The molecule has 1 aromatic heterocycles. The summed E-state index contributed by atoms with van der Waals surface area (Å²) in [6, 6.07) is 15.7. The molecule has 6 heteroatoms. The zero-order valence-corrected chi connectivity index (χ0v) is 16.6. The van der Waals surface area contributed by atoms with E-state index >= 15 is 0 Å². The first-order valence-electron chi connectivity index (χ1n) is 7.70. The third-order valence-corrected chi connectivity index (χ3v) is 5.06. The smallest absolute Gasteiger partial charge is 0.161 e. The molecular formula is C20H15BrN2O2S. The van der Waals surface area contributed by atoms with Crippen LogP contribution in [0, 0.1) is 11.3 Å². The number of nitrogens with zero attached hydrogens (tertiary/aromatic N) is 2. The maximum Gasteiger partial charge on any atom is 0.161 e. The molecule has 0 spiro atoms. The first-order chi connectivity index (χ1) is 12.6. The Morgan fingerprint density at radius 2 is 1.96 bits per heavy atom. The average Bonchev–Trinajstić information content (AvgIpc) is 3.15. The van der Waals surface area contributed by atoms with Gasteiger partial charge in [-0.05, 0) is 42.0 Å². The first-order valence-corrected chi connectivity index (χ1v) is 9.37. The van der Waals surface area contributed by atoms with Crippen molar-refractivity contribution in [2.45, 2.75) is 0 Å². The minimum absolute atomic E-state index is 0.528. The van der Waals surface area contributed by atoms with Crippen LogP contribution in [0.5, 0.6) is 11.5 Å². The van der Waals surface area contributed by atoms with E-state index in [9.17, 15) is 5.26 Å². The van der Waals surface area contributed by atoms with Gasteiger partial charge in [0.25, 0.3) is 0 Å². The van der Waals surface area contributed by atoms with Crippen molar-refractivity contribution in [2.75, 3.05) is 14.2 Å².